The molecule has 0 bridgehead atoms. The molecule has 0 fully saturated rings. The number of anilines is 1. The number of carbonyl (C=O) groups is 1. The molecule has 7 heteroatoms. The van der Waals surface area contributed by atoms with Gasteiger partial charge in [0, 0.05) is 19.3 Å². The summed E-state index contributed by atoms with van der Waals surface area (Å²) in [6.07, 6.45) is -4.48. The van der Waals surface area contributed by atoms with Gasteiger partial charge in [-0.3, -0.25) is 4.79 Å². The predicted octanol–water partition coefficient (Wildman–Crippen LogP) is 2.39. The smallest absolute Gasteiger partial charge is 0.384 e. The third-order valence-electron chi connectivity index (χ3n) is 2.69. The van der Waals surface area contributed by atoms with Gasteiger partial charge in [0.15, 0.2) is 0 Å². The van der Waals surface area contributed by atoms with E-state index >= 15 is 0 Å². The molecule has 0 aliphatic rings. The van der Waals surface area contributed by atoms with Gasteiger partial charge in [0.2, 0.25) is 5.91 Å². The molecule has 1 amide bonds. The van der Waals surface area contributed by atoms with Gasteiger partial charge in [0.05, 0.1) is 18.1 Å². The van der Waals surface area contributed by atoms with Crippen LogP contribution in [-0.4, -0.2) is 19.6 Å². The standard InChI is InChI=1S/C13H17F3N2O2/c1-8(7-20-2)12(19)18-11-4-9(6-17)3-10(5-11)13(14,15)16/h3-5,8H,6-7,17H2,1-2H3,(H,18,19). The third-order valence-corrected chi connectivity index (χ3v) is 2.69. The Morgan fingerprint density at radius 1 is 1.40 bits per heavy atom. The van der Waals surface area contributed by atoms with Gasteiger partial charge in [0.1, 0.15) is 0 Å². The first-order valence-electron chi connectivity index (χ1n) is 5.99. The quantitative estimate of drug-likeness (QED) is 0.875. The molecule has 1 atom stereocenters. The van der Waals surface area contributed by atoms with E-state index in [0.717, 1.165) is 12.1 Å². The Kier molecular flexibility index (Phi) is 5.52. The van der Waals surface area contributed by atoms with E-state index < -0.39 is 23.6 Å². The summed E-state index contributed by atoms with van der Waals surface area (Å²) in [5.41, 5.74) is 4.91. The lowest BCUT2D eigenvalue weighted by atomic mass is 10.1. The van der Waals surface area contributed by atoms with Gasteiger partial charge in [-0.15, -0.1) is 0 Å². The lowest BCUT2D eigenvalue weighted by Gasteiger charge is -2.14. The highest BCUT2D eigenvalue weighted by atomic mass is 19.4. The number of carbonyl (C=O) groups excluding carboxylic acids is 1. The molecule has 0 radical (unpaired) electrons. The zero-order chi connectivity index (χ0) is 15.3. The van der Waals surface area contributed by atoms with Crippen molar-refractivity contribution in [2.24, 2.45) is 11.7 Å². The minimum Gasteiger partial charge on any atom is -0.384 e. The summed E-state index contributed by atoms with van der Waals surface area (Å²) in [7, 11) is 1.45. The highest BCUT2D eigenvalue weighted by Gasteiger charge is 2.31. The molecule has 1 unspecified atom stereocenters. The van der Waals surface area contributed by atoms with E-state index in [0.29, 0.717) is 5.56 Å². The van der Waals surface area contributed by atoms with E-state index in [-0.39, 0.29) is 18.8 Å². The Hall–Kier alpha value is -1.60. The van der Waals surface area contributed by atoms with Gasteiger partial charge in [0.25, 0.3) is 0 Å². The van der Waals surface area contributed by atoms with Crippen LogP contribution < -0.4 is 11.1 Å². The van der Waals surface area contributed by atoms with Gasteiger partial charge in [-0.25, -0.2) is 0 Å². The van der Waals surface area contributed by atoms with Crippen molar-refractivity contribution in [3.05, 3.63) is 29.3 Å². The molecule has 20 heavy (non-hydrogen) atoms. The minimum atomic E-state index is -4.48. The van der Waals surface area contributed by atoms with E-state index in [1.165, 1.54) is 13.2 Å². The molecular formula is C13H17F3N2O2. The van der Waals surface area contributed by atoms with Crippen molar-refractivity contribution < 1.29 is 22.7 Å². The molecule has 3 N–H and O–H groups in total. The Bertz CT molecular complexity index is 475. The number of nitrogens with one attached hydrogen (secondary N) is 1. The second-order valence-electron chi connectivity index (χ2n) is 4.47. The summed E-state index contributed by atoms with van der Waals surface area (Å²) in [4.78, 5) is 11.8. The zero-order valence-electron chi connectivity index (χ0n) is 11.3. The molecule has 0 saturated heterocycles. The maximum atomic E-state index is 12.7. The van der Waals surface area contributed by atoms with Crippen molar-refractivity contribution in [3.8, 4) is 0 Å². The number of alkyl halides is 3. The van der Waals surface area contributed by atoms with Crippen LogP contribution >= 0.6 is 0 Å². The number of methoxy groups -OCH3 is 1. The summed E-state index contributed by atoms with van der Waals surface area (Å²) in [5, 5.41) is 2.44. The molecular weight excluding hydrogens is 273 g/mol. The molecule has 112 valence electrons. The molecule has 0 saturated carbocycles. The fraction of sp³-hybridized carbons (Fsp3) is 0.462. The van der Waals surface area contributed by atoms with E-state index in [1.807, 2.05) is 0 Å². The van der Waals surface area contributed by atoms with Crippen LogP contribution in [0.25, 0.3) is 0 Å². The van der Waals surface area contributed by atoms with Crippen molar-refractivity contribution in [2.45, 2.75) is 19.6 Å². The number of hydrogen-bond donors (Lipinski definition) is 2. The largest absolute Gasteiger partial charge is 0.416 e. The summed E-state index contributed by atoms with van der Waals surface area (Å²) in [6.45, 7) is 1.77. The maximum Gasteiger partial charge on any atom is 0.416 e. The zero-order valence-corrected chi connectivity index (χ0v) is 11.3. The molecule has 1 aromatic rings. The van der Waals surface area contributed by atoms with Crippen LogP contribution in [0.2, 0.25) is 0 Å². The number of halogens is 3. The van der Waals surface area contributed by atoms with Crippen molar-refractivity contribution in [1.29, 1.82) is 0 Å². The van der Waals surface area contributed by atoms with E-state index in [1.54, 1.807) is 6.92 Å². The van der Waals surface area contributed by atoms with E-state index in [2.05, 4.69) is 5.32 Å². The molecule has 0 spiro atoms. The number of nitrogens with two attached hydrogens (primary N) is 1. The van der Waals surface area contributed by atoms with E-state index in [4.69, 9.17) is 10.5 Å². The van der Waals surface area contributed by atoms with Crippen molar-refractivity contribution in [2.75, 3.05) is 19.0 Å². The minimum absolute atomic E-state index is 0.0413. The summed E-state index contributed by atoms with van der Waals surface area (Å²) in [5.74, 6) is -0.870. The lowest BCUT2D eigenvalue weighted by molar-refractivity contribution is -0.137. The molecule has 4 nitrogen and oxygen atoms in total. The number of amides is 1. The molecule has 1 aromatic carbocycles. The molecule has 1 rings (SSSR count). The number of benzene rings is 1. The Morgan fingerprint density at radius 3 is 2.55 bits per heavy atom. The number of ether oxygens (including phenoxy) is 1. The summed E-state index contributed by atoms with van der Waals surface area (Å²) < 4.78 is 43.0. The highest BCUT2D eigenvalue weighted by Crippen LogP contribution is 2.32. The van der Waals surface area contributed by atoms with Gasteiger partial charge in [-0.2, -0.15) is 13.2 Å². The van der Waals surface area contributed by atoms with Crippen LogP contribution in [0.1, 0.15) is 18.1 Å². The first-order chi connectivity index (χ1) is 9.27. The van der Waals surface area contributed by atoms with Crippen molar-refractivity contribution in [1.82, 2.24) is 0 Å². The normalized spacial score (nSPS) is 13.1. The second kappa shape index (κ2) is 6.71. The second-order valence-corrected chi connectivity index (χ2v) is 4.47. The van der Waals surface area contributed by atoms with Crippen LogP contribution in [0.15, 0.2) is 18.2 Å². The summed E-state index contributed by atoms with van der Waals surface area (Å²) in [6, 6.07) is 3.28. The summed E-state index contributed by atoms with van der Waals surface area (Å²) >= 11 is 0. The Labute approximate surface area is 115 Å². The maximum absolute atomic E-state index is 12.7. The highest BCUT2D eigenvalue weighted by molar-refractivity contribution is 5.92. The fourth-order valence-corrected chi connectivity index (χ4v) is 1.64. The molecule has 0 heterocycles. The number of hydrogen-bond acceptors (Lipinski definition) is 3. The van der Waals surface area contributed by atoms with Crippen LogP contribution in [0.3, 0.4) is 0 Å². The van der Waals surface area contributed by atoms with Crippen LogP contribution in [-0.2, 0) is 22.3 Å². The van der Waals surface area contributed by atoms with Gasteiger partial charge >= 0.3 is 6.18 Å². The first-order valence-corrected chi connectivity index (χ1v) is 5.99. The molecule has 0 aliphatic heterocycles. The average molecular weight is 290 g/mol. The van der Waals surface area contributed by atoms with Crippen LogP contribution in [0, 0.1) is 5.92 Å². The fourth-order valence-electron chi connectivity index (χ4n) is 1.64. The van der Waals surface area contributed by atoms with Crippen molar-refractivity contribution in [3.63, 3.8) is 0 Å². The third kappa shape index (κ3) is 4.50. The number of rotatable bonds is 5. The van der Waals surface area contributed by atoms with Crippen molar-refractivity contribution >= 4 is 11.6 Å². The van der Waals surface area contributed by atoms with Gasteiger partial charge in [-0.05, 0) is 23.8 Å². The predicted molar refractivity (Wildman–Crippen MR) is 69.0 cm³/mol. The monoisotopic (exact) mass is 290 g/mol. The molecule has 0 aromatic heterocycles. The Balaban J connectivity index is 2.98. The van der Waals surface area contributed by atoms with Crippen LogP contribution in [0.4, 0.5) is 18.9 Å². The lowest BCUT2D eigenvalue weighted by Crippen LogP contribution is -2.24. The first kappa shape index (κ1) is 16.5. The SMILES string of the molecule is COCC(C)C(=O)Nc1cc(CN)cc(C(F)(F)F)c1. The van der Waals surface area contributed by atoms with Gasteiger partial charge < -0.3 is 15.8 Å². The average Bonchev–Trinajstić information content (AvgIpc) is 2.37. The topological polar surface area (TPSA) is 64.3 Å². The Morgan fingerprint density at radius 2 is 2.05 bits per heavy atom. The van der Waals surface area contributed by atoms with E-state index in [9.17, 15) is 18.0 Å². The van der Waals surface area contributed by atoms with Crippen LogP contribution in [0.5, 0.6) is 0 Å². The molecule has 0 aliphatic carbocycles. The van der Waals surface area contributed by atoms with Gasteiger partial charge in [-0.1, -0.05) is 6.92 Å².